The van der Waals surface area contributed by atoms with Crippen LogP contribution in [0.5, 0.6) is 0 Å². The summed E-state index contributed by atoms with van der Waals surface area (Å²) in [7, 11) is 1.63. The molecule has 1 aliphatic heterocycles. The molecular weight excluding hydrogens is 323 g/mol. The summed E-state index contributed by atoms with van der Waals surface area (Å²) in [5.41, 5.74) is 0.462. The molecule has 1 aromatic rings. The van der Waals surface area contributed by atoms with Crippen LogP contribution >= 0.6 is 0 Å². The molecule has 0 bridgehead atoms. The van der Waals surface area contributed by atoms with Gasteiger partial charge in [0.1, 0.15) is 5.82 Å². The minimum absolute atomic E-state index is 0.154. The van der Waals surface area contributed by atoms with Crippen LogP contribution in [0.3, 0.4) is 0 Å². The van der Waals surface area contributed by atoms with Crippen LogP contribution in [0.15, 0.2) is 24.3 Å². The van der Waals surface area contributed by atoms with Crippen molar-refractivity contribution in [3.8, 4) is 0 Å². The lowest BCUT2D eigenvalue weighted by atomic mass is 9.89. The number of halogens is 1. The highest BCUT2D eigenvalue weighted by molar-refractivity contribution is 5.91. The lowest BCUT2D eigenvalue weighted by Crippen LogP contribution is -2.50. The zero-order valence-corrected chi connectivity index (χ0v) is 15.4. The van der Waals surface area contributed by atoms with E-state index in [0.717, 1.165) is 25.7 Å². The molecule has 1 aliphatic rings. The number of carbonyl (C=O) groups is 2. The van der Waals surface area contributed by atoms with Gasteiger partial charge in [-0.1, -0.05) is 39.2 Å². The molecular formula is C19H27FN2O3. The van der Waals surface area contributed by atoms with Gasteiger partial charge in [0.2, 0.25) is 12.1 Å². The van der Waals surface area contributed by atoms with E-state index in [1.54, 1.807) is 19.2 Å². The zero-order valence-electron chi connectivity index (χ0n) is 15.4. The third-order valence-corrected chi connectivity index (χ3v) is 4.91. The second-order valence-corrected chi connectivity index (χ2v) is 6.56. The van der Waals surface area contributed by atoms with E-state index in [4.69, 9.17) is 4.74 Å². The predicted molar refractivity (Wildman–Crippen MR) is 94.7 cm³/mol. The number of benzene rings is 1. The van der Waals surface area contributed by atoms with E-state index in [-0.39, 0.29) is 17.9 Å². The summed E-state index contributed by atoms with van der Waals surface area (Å²) in [6.07, 6.45) is 2.62. The van der Waals surface area contributed by atoms with Crippen molar-refractivity contribution < 1.29 is 18.7 Å². The van der Waals surface area contributed by atoms with E-state index in [1.807, 2.05) is 0 Å². The molecule has 138 valence electrons. The summed E-state index contributed by atoms with van der Waals surface area (Å²) in [5, 5.41) is 0. The molecule has 2 rings (SSSR count). The maximum Gasteiger partial charge on any atom is 0.416 e. The smallest absolute Gasteiger partial charge is 0.416 e. The zero-order chi connectivity index (χ0) is 18.6. The lowest BCUT2D eigenvalue weighted by Gasteiger charge is -2.34. The number of hydrogen-bond acceptors (Lipinski definition) is 3. The van der Waals surface area contributed by atoms with Crippen molar-refractivity contribution in [3.05, 3.63) is 30.1 Å². The number of cyclic esters (lactones) is 1. The first-order chi connectivity index (χ1) is 11.9. The number of anilines is 1. The molecule has 1 fully saturated rings. The van der Waals surface area contributed by atoms with Crippen molar-refractivity contribution in [2.75, 3.05) is 11.9 Å². The third kappa shape index (κ3) is 4.11. The van der Waals surface area contributed by atoms with Crippen LogP contribution in [0, 0.1) is 11.7 Å². The van der Waals surface area contributed by atoms with Gasteiger partial charge < -0.3 is 9.64 Å². The van der Waals surface area contributed by atoms with Gasteiger partial charge in [-0.2, -0.15) is 0 Å². The second-order valence-electron chi connectivity index (χ2n) is 6.56. The summed E-state index contributed by atoms with van der Waals surface area (Å²) in [6.45, 7) is 5.63. The van der Waals surface area contributed by atoms with E-state index in [1.165, 1.54) is 28.9 Å². The van der Waals surface area contributed by atoms with Crippen LogP contribution in [0.1, 0.15) is 46.5 Å². The van der Waals surface area contributed by atoms with Gasteiger partial charge in [0.05, 0.1) is 11.7 Å². The fraction of sp³-hybridized carbons (Fsp3) is 0.579. The highest BCUT2D eigenvalue weighted by Gasteiger charge is 2.48. The minimum atomic E-state index is -0.671. The first kappa shape index (κ1) is 19.2. The average molecular weight is 350 g/mol. The number of rotatable bonds is 7. The van der Waals surface area contributed by atoms with Crippen molar-refractivity contribution in [2.45, 2.75) is 58.7 Å². The highest BCUT2D eigenvalue weighted by Crippen LogP contribution is 2.36. The van der Waals surface area contributed by atoms with Gasteiger partial charge >= 0.3 is 6.09 Å². The topological polar surface area (TPSA) is 49.9 Å². The van der Waals surface area contributed by atoms with Crippen LogP contribution in [0.4, 0.5) is 14.9 Å². The highest BCUT2D eigenvalue weighted by atomic mass is 19.1. The number of carbonyl (C=O) groups excluding carboxylic acids is 2. The van der Waals surface area contributed by atoms with Gasteiger partial charge in [0.25, 0.3) is 0 Å². The number of amides is 2. The predicted octanol–water partition coefficient (Wildman–Crippen LogP) is 4.17. The third-order valence-electron chi connectivity index (χ3n) is 4.91. The van der Waals surface area contributed by atoms with E-state index < -0.39 is 18.1 Å². The summed E-state index contributed by atoms with van der Waals surface area (Å²) in [4.78, 5) is 27.4. The molecule has 0 saturated carbocycles. The molecule has 1 heterocycles. The van der Waals surface area contributed by atoms with Gasteiger partial charge in [0, 0.05) is 14.0 Å². The molecule has 0 radical (unpaired) electrons. The van der Waals surface area contributed by atoms with Crippen LogP contribution in [0.25, 0.3) is 0 Å². The van der Waals surface area contributed by atoms with Gasteiger partial charge in [-0.05, 0) is 30.5 Å². The lowest BCUT2D eigenvalue weighted by molar-refractivity contribution is -0.136. The Morgan fingerprint density at radius 1 is 1.40 bits per heavy atom. The summed E-state index contributed by atoms with van der Waals surface area (Å²) in [5.74, 6) is -0.426. The largest absolute Gasteiger partial charge is 0.423 e. The molecule has 3 atom stereocenters. The number of ether oxygens (including phenoxy) is 1. The van der Waals surface area contributed by atoms with Gasteiger partial charge in [-0.15, -0.1) is 0 Å². The summed E-state index contributed by atoms with van der Waals surface area (Å²) >= 11 is 0. The molecule has 6 heteroatoms. The van der Waals surface area contributed by atoms with E-state index in [9.17, 15) is 14.0 Å². The first-order valence-electron chi connectivity index (χ1n) is 8.89. The van der Waals surface area contributed by atoms with Crippen molar-refractivity contribution in [3.63, 3.8) is 0 Å². The van der Waals surface area contributed by atoms with Crippen LogP contribution in [0.2, 0.25) is 0 Å². The fourth-order valence-corrected chi connectivity index (χ4v) is 3.40. The molecule has 2 amide bonds. The minimum Gasteiger partial charge on any atom is -0.423 e. The molecule has 0 N–H and O–H groups in total. The Labute approximate surface area is 148 Å². The molecule has 0 aliphatic carbocycles. The Morgan fingerprint density at radius 2 is 2.12 bits per heavy atom. The maximum atomic E-state index is 13.7. The molecule has 1 saturated heterocycles. The van der Waals surface area contributed by atoms with Crippen LogP contribution in [-0.4, -0.2) is 36.2 Å². The van der Waals surface area contributed by atoms with E-state index in [0.29, 0.717) is 5.69 Å². The Hall–Kier alpha value is -2.11. The number of unbranched alkanes of at least 4 members (excludes halogenated alkanes) is 1. The molecule has 3 unspecified atom stereocenters. The van der Waals surface area contributed by atoms with Crippen LogP contribution < -0.4 is 4.90 Å². The molecule has 25 heavy (non-hydrogen) atoms. The monoisotopic (exact) mass is 350 g/mol. The molecule has 1 aromatic carbocycles. The molecule has 0 aromatic heterocycles. The van der Waals surface area contributed by atoms with Gasteiger partial charge in [0.15, 0.2) is 0 Å². The van der Waals surface area contributed by atoms with Gasteiger partial charge in [-0.3, -0.25) is 9.69 Å². The van der Waals surface area contributed by atoms with Crippen molar-refractivity contribution in [1.29, 1.82) is 0 Å². The van der Waals surface area contributed by atoms with E-state index in [2.05, 4.69) is 13.8 Å². The van der Waals surface area contributed by atoms with Crippen molar-refractivity contribution in [2.24, 2.45) is 5.92 Å². The Kier molecular flexibility index (Phi) is 6.39. The molecule has 5 nitrogen and oxygen atoms in total. The first-order valence-corrected chi connectivity index (χ1v) is 8.89. The van der Waals surface area contributed by atoms with Crippen molar-refractivity contribution in [1.82, 2.24) is 4.90 Å². The van der Waals surface area contributed by atoms with Crippen LogP contribution in [-0.2, 0) is 9.53 Å². The fourth-order valence-electron chi connectivity index (χ4n) is 3.40. The number of nitrogens with zero attached hydrogens (tertiary/aromatic N) is 2. The Balaban J connectivity index is 2.43. The second kappa shape index (κ2) is 8.32. The van der Waals surface area contributed by atoms with E-state index >= 15 is 0 Å². The SMILES string of the molecule is CCCCC(CC)C1C(N(C)C(C)=O)OC(=O)N1c1cccc(F)c1. The Bertz CT molecular complexity index is 622. The normalized spacial score (nSPS) is 21.2. The van der Waals surface area contributed by atoms with Crippen molar-refractivity contribution >= 4 is 17.7 Å². The standard InChI is InChI=1S/C19H27FN2O3/c1-5-7-9-14(6-2)17-18(21(4)13(3)23)25-19(24)22(17)16-11-8-10-15(20)12-16/h8,10-12,14,17-18H,5-7,9H2,1-4H3. The quantitative estimate of drug-likeness (QED) is 0.741. The Morgan fingerprint density at radius 3 is 2.68 bits per heavy atom. The average Bonchev–Trinajstić information content (AvgIpc) is 2.92. The molecule has 0 spiro atoms. The summed E-state index contributed by atoms with van der Waals surface area (Å²) in [6, 6.07) is 5.61. The van der Waals surface area contributed by atoms with Gasteiger partial charge in [-0.25, -0.2) is 9.18 Å². The number of hydrogen-bond donors (Lipinski definition) is 0. The number of likely N-dealkylation sites (N-methyl/N-ethyl adjacent to an activating group) is 1. The summed E-state index contributed by atoms with van der Waals surface area (Å²) < 4.78 is 19.2. The maximum absolute atomic E-state index is 13.7.